The zero-order valence-corrected chi connectivity index (χ0v) is 9.72. The van der Waals surface area contributed by atoms with Gasteiger partial charge in [-0.05, 0) is 0 Å². The van der Waals surface area contributed by atoms with Gasteiger partial charge in [0.1, 0.15) is 6.61 Å². The molecule has 92 valence electrons. The first-order valence-corrected chi connectivity index (χ1v) is 4.82. The van der Waals surface area contributed by atoms with E-state index < -0.39 is 6.09 Å². The Bertz CT molecular complexity index is 231. The van der Waals surface area contributed by atoms with Crippen molar-refractivity contribution in [1.82, 2.24) is 4.90 Å². The standard InChI is InChI=1S/C10H18N2O4/c1-4-12(9-11-2)10(13)16-8-7-15-6-5-14-3/h4,9H,1,5-8H2,2-3H3. The molecule has 0 aliphatic heterocycles. The van der Waals surface area contributed by atoms with Gasteiger partial charge in [0, 0.05) is 20.4 Å². The molecule has 0 aliphatic rings. The van der Waals surface area contributed by atoms with Crippen LogP contribution in [0.2, 0.25) is 0 Å². The van der Waals surface area contributed by atoms with Gasteiger partial charge < -0.3 is 14.2 Å². The van der Waals surface area contributed by atoms with Crippen LogP contribution in [0.25, 0.3) is 0 Å². The summed E-state index contributed by atoms with van der Waals surface area (Å²) in [6.07, 6.45) is 2.11. The molecule has 0 N–H and O–H groups in total. The predicted molar refractivity (Wildman–Crippen MR) is 60.5 cm³/mol. The van der Waals surface area contributed by atoms with Gasteiger partial charge in [-0.1, -0.05) is 6.58 Å². The van der Waals surface area contributed by atoms with Gasteiger partial charge in [0.2, 0.25) is 0 Å². The molecular formula is C10H18N2O4. The third-order valence-corrected chi connectivity index (χ3v) is 1.53. The number of nitrogens with zero attached hydrogens (tertiary/aromatic N) is 2. The van der Waals surface area contributed by atoms with Gasteiger partial charge in [0.15, 0.2) is 0 Å². The van der Waals surface area contributed by atoms with E-state index in [1.165, 1.54) is 12.5 Å². The summed E-state index contributed by atoms with van der Waals surface area (Å²) in [6.45, 7) is 4.98. The van der Waals surface area contributed by atoms with Gasteiger partial charge in [-0.2, -0.15) is 0 Å². The molecule has 1 amide bonds. The first-order chi connectivity index (χ1) is 7.76. The van der Waals surface area contributed by atoms with Crippen LogP contribution in [0.5, 0.6) is 0 Å². The lowest BCUT2D eigenvalue weighted by molar-refractivity contribution is 0.0395. The molecule has 0 bridgehead atoms. The van der Waals surface area contributed by atoms with Crippen molar-refractivity contribution in [3.05, 3.63) is 12.8 Å². The van der Waals surface area contributed by atoms with Crippen molar-refractivity contribution in [3.8, 4) is 0 Å². The topological polar surface area (TPSA) is 60.4 Å². The number of amides is 1. The maximum atomic E-state index is 11.3. The zero-order chi connectivity index (χ0) is 12.2. The summed E-state index contributed by atoms with van der Waals surface area (Å²) in [5.74, 6) is 0. The highest BCUT2D eigenvalue weighted by atomic mass is 16.6. The summed E-state index contributed by atoms with van der Waals surface area (Å²) in [7, 11) is 3.15. The van der Waals surface area contributed by atoms with Crippen molar-refractivity contribution in [2.24, 2.45) is 4.99 Å². The Hall–Kier alpha value is -1.40. The summed E-state index contributed by atoms with van der Waals surface area (Å²) >= 11 is 0. The molecule has 0 heterocycles. The van der Waals surface area contributed by atoms with E-state index in [1.54, 1.807) is 14.2 Å². The number of rotatable bonds is 8. The van der Waals surface area contributed by atoms with Crippen LogP contribution in [0.15, 0.2) is 17.8 Å². The second kappa shape index (κ2) is 10.1. The molecule has 6 heteroatoms. The maximum absolute atomic E-state index is 11.3. The SMILES string of the molecule is C=CN(C=NC)C(=O)OCCOCCOC. The van der Waals surface area contributed by atoms with Crippen molar-refractivity contribution >= 4 is 12.4 Å². The first kappa shape index (κ1) is 14.6. The van der Waals surface area contributed by atoms with Crippen molar-refractivity contribution in [1.29, 1.82) is 0 Å². The van der Waals surface area contributed by atoms with Gasteiger partial charge in [-0.15, -0.1) is 0 Å². The summed E-state index contributed by atoms with van der Waals surface area (Å²) in [6, 6.07) is 0. The summed E-state index contributed by atoms with van der Waals surface area (Å²) in [5, 5.41) is 0. The number of carbonyl (C=O) groups is 1. The molecule has 16 heavy (non-hydrogen) atoms. The van der Waals surface area contributed by atoms with Gasteiger partial charge in [0.05, 0.1) is 26.2 Å². The van der Waals surface area contributed by atoms with Crippen LogP contribution in [0.1, 0.15) is 0 Å². The van der Waals surface area contributed by atoms with Crippen molar-refractivity contribution < 1.29 is 19.0 Å². The molecule has 0 aromatic carbocycles. The largest absolute Gasteiger partial charge is 0.446 e. The average Bonchev–Trinajstić information content (AvgIpc) is 2.30. The smallest absolute Gasteiger partial charge is 0.419 e. The highest BCUT2D eigenvalue weighted by molar-refractivity contribution is 5.83. The van der Waals surface area contributed by atoms with Crippen LogP contribution in [-0.4, -0.2) is 57.9 Å². The number of hydrogen-bond acceptors (Lipinski definition) is 5. The number of aliphatic imine (C=N–C) groups is 1. The second-order valence-electron chi connectivity index (χ2n) is 2.68. The molecule has 0 radical (unpaired) electrons. The lowest BCUT2D eigenvalue weighted by Gasteiger charge is -2.12. The predicted octanol–water partition coefficient (Wildman–Crippen LogP) is 0.890. The molecule has 6 nitrogen and oxygen atoms in total. The number of carbonyl (C=O) groups excluding carboxylic acids is 1. The molecule has 0 fully saturated rings. The number of methoxy groups -OCH3 is 1. The third-order valence-electron chi connectivity index (χ3n) is 1.53. The Morgan fingerprint density at radius 2 is 2.06 bits per heavy atom. The van der Waals surface area contributed by atoms with Crippen LogP contribution >= 0.6 is 0 Å². The van der Waals surface area contributed by atoms with E-state index in [-0.39, 0.29) is 6.61 Å². The normalized spacial score (nSPS) is 10.4. The van der Waals surface area contributed by atoms with Crippen molar-refractivity contribution in [2.45, 2.75) is 0 Å². The van der Waals surface area contributed by atoms with Crippen molar-refractivity contribution in [3.63, 3.8) is 0 Å². The molecule has 0 saturated heterocycles. The lowest BCUT2D eigenvalue weighted by atomic mass is 10.7. The Labute approximate surface area is 95.5 Å². The van der Waals surface area contributed by atoms with E-state index in [0.29, 0.717) is 19.8 Å². The first-order valence-electron chi connectivity index (χ1n) is 4.82. The Morgan fingerprint density at radius 3 is 2.62 bits per heavy atom. The summed E-state index contributed by atoms with van der Waals surface area (Å²) in [4.78, 5) is 16.1. The fraction of sp³-hybridized carbons (Fsp3) is 0.600. The fourth-order valence-corrected chi connectivity index (χ4v) is 0.800. The van der Waals surface area contributed by atoms with Gasteiger partial charge in [0.25, 0.3) is 0 Å². The molecule has 0 rings (SSSR count). The van der Waals surface area contributed by atoms with E-state index in [0.717, 1.165) is 4.90 Å². The average molecular weight is 230 g/mol. The molecular weight excluding hydrogens is 212 g/mol. The molecule has 0 unspecified atom stereocenters. The molecule has 0 spiro atoms. The maximum Gasteiger partial charge on any atom is 0.419 e. The van der Waals surface area contributed by atoms with Crippen molar-refractivity contribution in [2.75, 3.05) is 40.6 Å². The van der Waals surface area contributed by atoms with E-state index >= 15 is 0 Å². The quantitative estimate of drug-likeness (QED) is 0.353. The van der Waals surface area contributed by atoms with Gasteiger partial charge in [-0.3, -0.25) is 4.99 Å². The summed E-state index contributed by atoms with van der Waals surface area (Å²) in [5.41, 5.74) is 0. The van der Waals surface area contributed by atoms with Crippen LogP contribution in [-0.2, 0) is 14.2 Å². The highest BCUT2D eigenvalue weighted by Gasteiger charge is 2.08. The number of hydrogen-bond donors (Lipinski definition) is 0. The molecule has 0 aromatic rings. The van der Waals surface area contributed by atoms with Gasteiger partial charge in [-0.25, -0.2) is 9.69 Å². The molecule has 0 aromatic heterocycles. The highest BCUT2D eigenvalue weighted by Crippen LogP contribution is 1.91. The fourth-order valence-electron chi connectivity index (χ4n) is 0.800. The second-order valence-corrected chi connectivity index (χ2v) is 2.68. The molecule has 0 atom stereocenters. The van der Waals surface area contributed by atoms with Crippen LogP contribution < -0.4 is 0 Å². The van der Waals surface area contributed by atoms with E-state index in [1.807, 2.05) is 0 Å². The Balaban J connectivity index is 3.59. The van der Waals surface area contributed by atoms with Crippen LogP contribution in [0, 0.1) is 0 Å². The minimum atomic E-state index is -0.532. The molecule has 0 aliphatic carbocycles. The monoisotopic (exact) mass is 230 g/mol. The van der Waals surface area contributed by atoms with Crippen LogP contribution in [0.3, 0.4) is 0 Å². The third kappa shape index (κ3) is 6.97. The lowest BCUT2D eigenvalue weighted by Crippen LogP contribution is -2.26. The van der Waals surface area contributed by atoms with Gasteiger partial charge >= 0.3 is 6.09 Å². The zero-order valence-electron chi connectivity index (χ0n) is 9.72. The summed E-state index contributed by atoms with van der Waals surface area (Å²) < 4.78 is 14.8. The van der Waals surface area contributed by atoms with E-state index in [4.69, 9.17) is 14.2 Å². The minimum Gasteiger partial charge on any atom is -0.446 e. The minimum absolute atomic E-state index is 0.185. The Kier molecular flexibility index (Phi) is 9.24. The van der Waals surface area contributed by atoms with Crippen LogP contribution in [0.4, 0.5) is 4.79 Å². The Morgan fingerprint density at radius 1 is 1.38 bits per heavy atom. The molecule has 0 saturated carbocycles. The van der Waals surface area contributed by atoms with E-state index in [9.17, 15) is 4.79 Å². The van der Waals surface area contributed by atoms with E-state index in [2.05, 4.69) is 11.6 Å². The number of ether oxygens (including phenoxy) is 3.